The van der Waals surface area contributed by atoms with E-state index in [4.69, 9.17) is 5.73 Å². The van der Waals surface area contributed by atoms with Gasteiger partial charge in [-0.2, -0.15) is 0 Å². The van der Waals surface area contributed by atoms with Crippen LogP contribution in [-0.4, -0.2) is 49.1 Å². The first-order valence-electron chi connectivity index (χ1n) is 7.15. The smallest absolute Gasteiger partial charge is 0.128 e. The van der Waals surface area contributed by atoms with E-state index in [-0.39, 0.29) is 11.9 Å². The van der Waals surface area contributed by atoms with Gasteiger partial charge in [-0.25, -0.2) is 4.39 Å². The standard InChI is InChI=1S/C15H24FN3/c1-2-7-18-8-10-19(11-9-18)12-15(17)13-5-3-4-6-14(13)16/h3-6,15H,2,7-12,17H2,1H3. The maximum atomic E-state index is 13.6. The van der Waals surface area contributed by atoms with E-state index in [1.165, 1.54) is 19.0 Å². The Balaban J connectivity index is 1.84. The molecule has 1 atom stereocenters. The molecule has 1 aromatic carbocycles. The molecule has 19 heavy (non-hydrogen) atoms. The predicted octanol–water partition coefficient (Wildman–Crippen LogP) is 1.85. The molecule has 0 spiro atoms. The normalized spacial score (nSPS) is 19.5. The van der Waals surface area contributed by atoms with Crippen molar-refractivity contribution in [1.29, 1.82) is 0 Å². The summed E-state index contributed by atoms with van der Waals surface area (Å²) in [5.41, 5.74) is 6.75. The minimum Gasteiger partial charge on any atom is -0.323 e. The second-order valence-electron chi connectivity index (χ2n) is 5.27. The largest absolute Gasteiger partial charge is 0.323 e. The maximum Gasteiger partial charge on any atom is 0.128 e. The molecule has 1 fully saturated rings. The first-order chi connectivity index (χ1) is 9.20. The van der Waals surface area contributed by atoms with Gasteiger partial charge in [0.1, 0.15) is 5.82 Å². The van der Waals surface area contributed by atoms with Gasteiger partial charge < -0.3 is 10.6 Å². The molecule has 0 saturated carbocycles. The lowest BCUT2D eigenvalue weighted by Crippen LogP contribution is -2.48. The Bertz CT molecular complexity index is 389. The van der Waals surface area contributed by atoms with Crippen molar-refractivity contribution in [1.82, 2.24) is 9.80 Å². The Kier molecular flexibility index (Phi) is 5.31. The molecule has 0 amide bonds. The topological polar surface area (TPSA) is 32.5 Å². The van der Waals surface area contributed by atoms with Crippen LogP contribution < -0.4 is 5.73 Å². The third-order valence-corrected chi connectivity index (χ3v) is 3.76. The molecule has 1 saturated heterocycles. The highest BCUT2D eigenvalue weighted by molar-refractivity contribution is 5.21. The van der Waals surface area contributed by atoms with Gasteiger partial charge in [0.25, 0.3) is 0 Å². The number of hydrogen-bond donors (Lipinski definition) is 1. The first kappa shape index (κ1) is 14.4. The van der Waals surface area contributed by atoms with Crippen LogP contribution in [0.2, 0.25) is 0 Å². The van der Waals surface area contributed by atoms with Gasteiger partial charge in [-0.1, -0.05) is 25.1 Å². The highest BCUT2D eigenvalue weighted by Crippen LogP contribution is 2.16. The van der Waals surface area contributed by atoms with Crippen LogP contribution in [0.3, 0.4) is 0 Å². The minimum absolute atomic E-state index is 0.195. The summed E-state index contributed by atoms with van der Waals surface area (Å²) in [5.74, 6) is -0.195. The molecule has 0 radical (unpaired) electrons. The van der Waals surface area contributed by atoms with Gasteiger partial charge in [0.15, 0.2) is 0 Å². The molecular weight excluding hydrogens is 241 g/mol. The molecule has 1 unspecified atom stereocenters. The molecule has 0 bridgehead atoms. The molecule has 1 heterocycles. The summed E-state index contributed by atoms with van der Waals surface area (Å²) >= 11 is 0. The summed E-state index contributed by atoms with van der Waals surface area (Å²) in [4.78, 5) is 4.81. The number of nitrogens with two attached hydrogens (primary N) is 1. The van der Waals surface area contributed by atoms with E-state index in [0.717, 1.165) is 32.7 Å². The number of hydrogen-bond acceptors (Lipinski definition) is 3. The summed E-state index contributed by atoms with van der Waals surface area (Å²) < 4.78 is 13.6. The highest BCUT2D eigenvalue weighted by atomic mass is 19.1. The monoisotopic (exact) mass is 265 g/mol. The van der Waals surface area contributed by atoms with Gasteiger partial charge in [0.2, 0.25) is 0 Å². The molecule has 2 N–H and O–H groups in total. The summed E-state index contributed by atoms with van der Waals surface area (Å²) in [5, 5.41) is 0. The highest BCUT2D eigenvalue weighted by Gasteiger charge is 2.19. The zero-order chi connectivity index (χ0) is 13.7. The minimum atomic E-state index is -0.237. The lowest BCUT2D eigenvalue weighted by atomic mass is 10.1. The number of benzene rings is 1. The lowest BCUT2D eigenvalue weighted by molar-refractivity contribution is 0.127. The van der Waals surface area contributed by atoms with E-state index in [1.54, 1.807) is 12.1 Å². The third kappa shape index (κ3) is 4.00. The molecule has 1 aliphatic rings. The van der Waals surface area contributed by atoms with Crippen molar-refractivity contribution in [2.45, 2.75) is 19.4 Å². The average molecular weight is 265 g/mol. The molecular formula is C15H24FN3. The average Bonchev–Trinajstić information content (AvgIpc) is 2.42. The van der Waals surface area contributed by atoms with Gasteiger partial charge in [-0.15, -0.1) is 0 Å². The first-order valence-corrected chi connectivity index (χ1v) is 7.15. The number of piperazine rings is 1. The van der Waals surface area contributed by atoms with Crippen molar-refractivity contribution < 1.29 is 4.39 Å². The van der Waals surface area contributed by atoms with Crippen LogP contribution in [0.15, 0.2) is 24.3 Å². The second-order valence-corrected chi connectivity index (χ2v) is 5.27. The Hall–Kier alpha value is -0.970. The van der Waals surface area contributed by atoms with Crippen LogP contribution in [0, 0.1) is 5.82 Å². The fourth-order valence-corrected chi connectivity index (χ4v) is 2.66. The van der Waals surface area contributed by atoms with Crippen LogP contribution >= 0.6 is 0 Å². The van der Waals surface area contributed by atoms with Crippen LogP contribution in [0.4, 0.5) is 4.39 Å². The second kappa shape index (κ2) is 6.98. The Morgan fingerprint density at radius 3 is 2.42 bits per heavy atom. The zero-order valence-corrected chi connectivity index (χ0v) is 11.7. The SMILES string of the molecule is CCCN1CCN(CC(N)c2ccccc2F)CC1. The Labute approximate surface area is 115 Å². The summed E-state index contributed by atoms with van der Waals surface area (Å²) in [6.07, 6.45) is 1.20. The Morgan fingerprint density at radius 2 is 1.79 bits per heavy atom. The van der Waals surface area contributed by atoms with Crippen molar-refractivity contribution >= 4 is 0 Å². The number of halogens is 1. The van der Waals surface area contributed by atoms with Crippen molar-refractivity contribution in [2.24, 2.45) is 5.73 Å². The van der Waals surface area contributed by atoms with E-state index >= 15 is 0 Å². The van der Waals surface area contributed by atoms with Crippen LogP contribution in [-0.2, 0) is 0 Å². The molecule has 1 aliphatic heterocycles. The lowest BCUT2D eigenvalue weighted by Gasteiger charge is -2.35. The van der Waals surface area contributed by atoms with Gasteiger partial charge in [0, 0.05) is 44.3 Å². The van der Waals surface area contributed by atoms with Gasteiger partial charge in [0.05, 0.1) is 0 Å². The zero-order valence-electron chi connectivity index (χ0n) is 11.7. The van der Waals surface area contributed by atoms with Crippen LogP contribution in [0.1, 0.15) is 24.9 Å². The summed E-state index contributed by atoms with van der Waals surface area (Å²) in [6.45, 7) is 8.37. The molecule has 1 aromatic rings. The van der Waals surface area contributed by atoms with Gasteiger partial charge in [-0.05, 0) is 19.0 Å². The molecule has 106 valence electrons. The fraction of sp³-hybridized carbons (Fsp3) is 0.600. The van der Waals surface area contributed by atoms with E-state index in [0.29, 0.717) is 5.56 Å². The number of nitrogens with zero attached hydrogens (tertiary/aromatic N) is 2. The van der Waals surface area contributed by atoms with Crippen molar-refractivity contribution in [3.8, 4) is 0 Å². The van der Waals surface area contributed by atoms with Crippen molar-refractivity contribution in [2.75, 3.05) is 39.3 Å². The van der Waals surface area contributed by atoms with Gasteiger partial charge >= 0.3 is 0 Å². The van der Waals surface area contributed by atoms with E-state index in [1.807, 2.05) is 6.07 Å². The number of rotatable bonds is 5. The summed E-state index contributed by atoms with van der Waals surface area (Å²) in [7, 11) is 0. The van der Waals surface area contributed by atoms with E-state index < -0.39 is 0 Å². The van der Waals surface area contributed by atoms with Crippen LogP contribution in [0.25, 0.3) is 0 Å². The quantitative estimate of drug-likeness (QED) is 0.882. The molecule has 3 nitrogen and oxygen atoms in total. The third-order valence-electron chi connectivity index (χ3n) is 3.76. The van der Waals surface area contributed by atoms with Crippen LogP contribution in [0.5, 0.6) is 0 Å². The van der Waals surface area contributed by atoms with E-state index in [2.05, 4.69) is 16.7 Å². The molecule has 2 rings (SSSR count). The fourth-order valence-electron chi connectivity index (χ4n) is 2.66. The van der Waals surface area contributed by atoms with Crippen molar-refractivity contribution in [3.63, 3.8) is 0 Å². The molecule has 0 aromatic heterocycles. The Morgan fingerprint density at radius 1 is 1.16 bits per heavy atom. The van der Waals surface area contributed by atoms with E-state index in [9.17, 15) is 4.39 Å². The van der Waals surface area contributed by atoms with Crippen molar-refractivity contribution in [3.05, 3.63) is 35.6 Å². The molecule has 4 heteroatoms. The maximum absolute atomic E-state index is 13.6. The van der Waals surface area contributed by atoms with Gasteiger partial charge in [-0.3, -0.25) is 4.90 Å². The molecule has 0 aliphatic carbocycles. The predicted molar refractivity (Wildman–Crippen MR) is 76.5 cm³/mol. The summed E-state index contributed by atoms with van der Waals surface area (Å²) in [6, 6.07) is 6.58.